The molecule has 0 bridgehead atoms. The van der Waals surface area contributed by atoms with Crippen LogP contribution >= 0.6 is 11.8 Å². The maximum Gasteiger partial charge on any atom is 0.307 e. The third-order valence-electron chi connectivity index (χ3n) is 4.35. The fourth-order valence-corrected chi connectivity index (χ4v) is 3.83. The molecule has 0 spiro atoms. The Morgan fingerprint density at radius 3 is 2.50 bits per heavy atom. The number of carbonyl (C=O) groups excluding carboxylic acids is 2. The van der Waals surface area contributed by atoms with E-state index in [2.05, 4.69) is 5.32 Å². The third-order valence-corrected chi connectivity index (χ3v) is 5.36. The Kier molecular flexibility index (Phi) is 7.09. The summed E-state index contributed by atoms with van der Waals surface area (Å²) >= 11 is 1.59. The number of amides is 1. The number of rotatable bonds is 8. The van der Waals surface area contributed by atoms with Crippen LogP contribution in [0, 0.1) is 0 Å². The molecule has 0 aliphatic carbocycles. The summed E-state index contributed by atoms with van der Waals surface area (Å²) in [6, 6.07) is 23.8. The van der Waals surface area contributed by atoms with Gasteiger partial charge in [-0.15, -0.1) is 11.8 Å². The number of fused-ring (bicyclic) bond motifs is 1. The van der Waals surface area contributed by atoms with Gasteiger partial charge in [-0.25, -0.2) is 0 Å². The Balaban J connectivity index is 1.44. The molecule has 0 saturated heterocycles. The molecule has 0 unspecified atom stereocenters. The average molecular weight is 394 g/mol. The highest BCUT2D eigenvalue weighted by atomic mass is 32.2. The van der Waals surface area contributed by atoms with Crippen molar-refractivity contribution >= 4 is 34.4 Å². The van der Waals surface area contributed by atoms with Crippen LogP contribution in [0.2, 0.25) is 0 Å². The fourth-order valence-electron chi connectivity index (χ4n) is 2.98. The zero-order chi connectivity index (χ0) is 19.8. The summed E-state index contributed by atoms with van der Waals surface area (Å²) in [5.41, 5.74) is 1.04. The van der Waals surface area contributed by atoms with Crippen molar-refractivity contribution in [1.29, 1.82) is 0 Å². The van der Waals surface area contributed by atoms with E-state index < -0.39 is 0 Å². The SMILES string of the molecule is C[C@H](NC(=O)COC(=O)CCSc1ccccc1)c1cccc2ccccc12. The van der Waals surface area contributed by atoms with Crippen LogP contribution in [0.1, 0.15) is 24.9 Å². The van der Waals surface area contributed by atoms with Gasteiger partial charge >= 0.3 is 5.97 Å². The molecular formula is C23H23NO3S. The van der Waals surface area contributed by atoms with E-state index in [1.807, 2.05) is 79.7 Å². The van der Waals surface area contributed by atoms with Crippen LogP contribution in [-0.4, -0.2) is 24.2 Å². The number of nitrogens with one attached hydrogen (secondary N) is 1. The maximum absolute atomic E-state index is 12.2. The topological polar surface area (TPSA) is 55.4 Å². The summed E-state index contributed by atoms with van der Waals surface area (Å²) in [6.45, 7) is 1.67. The Labute approximate surface area is 169 Å². The smallest absolute Gasteiger partial charge is 0.307 e. The second kappa shape index (κ2) is 9.95. The highest BCUT2D eigenvalue weighted by Gasteiger charge is 2.14. The average Bonchev–Trinajstić information content (AvgIpc) is 2.72. The number of ether oxygens (including phenoxy) is 1. The lowest BCUT2D eigenvalue weighted by Crippen LogP contribution is -2.31. The third kappa shape index (κ3) is 5.60. The Hall–Kier alpha value is -2.79. The van der Waals surface area contributed by atoms with Crippen molar-refractivity contribution < 1.29 is 14.3 Å². The van der Waals surface area contributed by atoms with Gasteiger partial charge in [-0.1, -0.05) is 60.7 Å². The van der Waals surface area contributed by atoms with E-state index in [1.165, 1.54) is 0 Å². The molecule has 3 aromatic rings. The van der Waals surface area contributed by atoms with Gasteiger partial charge in [0.15, 0.2) is 6.61 Å². The minimum absolute atomic E-state index is 0.175. The second-order valence-electron chi connectivity index (χ2n) is 6.43. The number of benzene rings is 3. The van der Waals surface area contributed by atoms with E-state index in [4.69, 9.17) is 4.74 Å². The molecule has 3 aromatic carbocycles. The molecule has 0 heterocycles. The second-order valence-corrected chi connectivity index (χ2v) is 7.60. The molecule has 0 radical (unpaired) electrons. The van der Waals surface area contributed by atoms with E-state index in [0.717, 1.165) is 21.2 Å². The van der Waals surface area contributed by atoms with Crippen LogP contribution in [-0.2, 0) is 14.3 Å². The van der Waals surface area contributed by atoms with Crippen LogP contribution in [0.15, 0.2) is 77.7 Å². The van der Waals surface area contributed by atoms with Crippen LogP contribution in [0.4, 0.5) is 0 Å². The van der Waals surface area contributed by atoms with Gasteiger partial charge in [0.05, 0.1) is 12.5 Å². The standard InChI is InChI=1S/C23H23NO3S/c1-17(20-13-7-9-18-8-5-6-12-21(18)20)24-22(25)16-27-23(26)14-15-28-19-10-3-2-4-11-19/h2-13,17H,14-16H2,1H3,(H,24,25)/t17-/m0/s1. The Morgan fingerprint density at radius 2 is 1.68 bits per heavy atom. The molecule has 144 valence electrons. The monoisotopic (exact) mass is 393 g/mol. The van der Waals surface area contributed by atoms with Gasteiger partial charge in [-0.3, -0.25) is 9.59 Å². The molecule has 1 N–H and O–H groups in total. The molecule has 28 heavy (non-hydrogen) atoms. The first-order chi connectivity index (χ1) is 13.6. The molecule has 0 fully saturated rings. The molecule has 1 amide bonds. The molecule has 4 nitrogen and oxygen atoms in total. The summed E-state index contributed by atoms with van der Waals surface area (Å²) < 4.78 is 5.10. The lowest BCUT2D eigenvalue weighted by molar-refractivity contribution is -0.148. The fraction of sp³-hybridized carbons (Fsp3) is 0.217. The highest BCUT2D eigenvalue weighted by Crippen LogP contribution is 2.24. The Bertz CT molecular complexity index is 937. The molecule has 3 rings (SSSR count). The van der Waals surface area contributed by atoms with Crippen LogP contribution in [0.3, 0.4) is 0 Å². The zero-order valence-corrected chi connectivity index (χ0v) is 16.6. The molecule has 0 saturated carbocycles. The van der Waals surface area contributed by atoms with Gasteiger partial charge in [-0.05, 0) is 35.4 Å². The molecular weight excluding hydrogens is 370 g/mol. The summed E-state index contributed by atoms with van der Waals surface area (Å²) in [5.74, 6) is -0.0439. The van der Waals surface area contributed by atoms with E-state index in [9.17, 15) is 9.59 Å². The van der Waals surface area contributed by atoms with Crippen molar-refractivity contribution in [2.75, 3.05) is 12.4 Å². The minimum Gasteiger partial charge on any atom is -0.456 e. The number of hydrogen-bond acceptors (Lipinski definition) is 4. The molecule has 0 aliphatic rings. The van der Waals surface area contributed by atoms with Gasteiger partial charge in [0.25, 0.3) is 5.91 Å². The molecule has 1 atom stereocenters. The first kappa shape index (κ1) is 20.0. The summed E-state index contributed by atoms with van der Waals surface area (Å²) in [4.78, 5) is 25.1. The van der Waals surface area contributed by atoms with Crippen LogP contribution in [0.5, 0.6) is 0 Å². The van der Waals surface area contributed by atoms with Crippen molar-refractivity contribution in [2.45, 2.75) is 24.3 Å². The lowest BCUT2D eigenvalue weighted by atomic mass is 10.00. The van der Waals surface area contributed by atoms with Crippen LogP contribution in [0.25, 0.3) is 10.8 Å². The summed E-state index contributed by atoms with van der Waals surface area (Å²) in [6.07, 6.45) is 0.270. The summed E-state index contributed by atoms with van der Waals surface area (Å²) in [7, 11) is 0. The molecule has 0 aromatic heterocycles. The molecule has 5 heteroatoms. The normalized spacial score (nSPS) is 11.8. The largest absolute Gasteiger partial charge is 0.456 e. The zero-order valence-electron chi connectivity index (χ0n) is 15.8. The first-order valence-corrected chi connectivity index (χ1v) is 10.2. The first-order valence-electron chi connectivity index (χ1n) is 9.24. The van der Waals surface area contributed by atoms with E-state index in [1.54, 1.807) is 11.8 Å². The van der Waals surface area contributed by atoms with Crippen molar-refractivity contribution in [2.24, 2.45) is 0 Å². The van der Waals surface area contributed by atoms with E-state index in [-0.39, 0.29) is 30.9 Å². The van der Waals surface area contributed by atoms with Crippen LogP contribution < -0.4 is 5.32 Å². The predicted molar refractivity (Wildman–Crippen MR) is 113 cm³/mol. The van der Waals surface area contributed by atoms with Gasteiger partial charge in [0, 0.05) is 10.6 Å². The van der Waals surface area contributed by atoms with Gasteiger partial charge < -0.3 is 10.1 Å². The van der Waals surface area contributed by atoms with Gasteiger partial charge in [0.1, 0.15) is 0 Å². The number of carbonyl (C=O) groups is 2. The van der Waals surface area contributed by atoms with E-state index >= 15 is 0 Å². The predicted octanol–water partition coefficient (Wildman–Crippen LogP) is 4.74. The number of esters is 1. The van der Waals surface area contributed by atoms with E-state index in [0.29, 0.717) is 5.75 Å². The quantitative estimate of drug-likeness (QED) is 0.443. The van der Waals surface area contributed by atoms with Crippen molar-refractivity contribution in [3.8, 4) is 0 Å². The van der Waals surface area contributed by atoms with Crippen molar-refractivity contribution in [3.05, 3.63) is 78.4 Å². The summed E-state index contributed by atoms with van der Waals surface area (Å²) in [5, 5.41) is 5.14. The lowest BCUT2D eigenvalue weighted by Gasteiger charge is -2.16. The van der Waals surface area contributed by atoms with Gasteiger partial charge in [-0.2, -0.15) is 0 Å². The Morgan fingerprint density at radius 1 is 0.964 bits per heavy atom. The minimum atomic E-state index is -0.364. The molecule has 0 aliphatic heterocycles. The number of hydrogen-bond donors (Lipinski definition) is 1. The van der Waals surface area contributed by atoms with Crippen molar-refractivity contribution in [3.63, 3.8) is 0 Å². The van der Waals surface area contributed by atoms with Gasteiger partial charge in [0.2, 0.25) is 0 Å². The van der Waals surface area contributed by atoms with Crippen molar-refractivity contribution in [1.82, 2.24) is 5.32 Å². The highest BCUT2D eigenvalue weighted by molar-refractivity contribution is 7.99. The number of thioether (sulfide) groups is 1. The maximum atomic E-state index is 12.2.